The average Bonchev–Trinajstić information content (AvgIpc) is 2.34. The van der Waals surface area contributed by atoms with Crippen LogP contribution in [-0.4, -0.2) is 0 Å². The highest BCUT2D eigenvalue weighted by molar-refractivity contribution is 6.30. The molecule has 0 aliphatic heterocycles. The molecule has 90 valence electrons. The predicted octanol–water partition coefficient (Wildman–Crippen LogP) is 4.62. The van der Waals surface area contributed by atoms with Crippen LogP contribution in [0.5, 0.6) is 11.5 Å². The van der Waals surface area contributed by atoms with Crippen LogP contribution in [0.1, 0.15) is 16.7 Å². The highest BCUT2D eigenvalue weighted by Gasteiger charge is 2.06. The SMILES string of the molecule is Cc1ccc(Oc2cc(Cl)ccc2C#N)cc1C. The molecule has 0 atom stereocenters. The zero-order valence-corrected chi connectivity index (χ0v) is 11.0. The van der Waals surface area contributed by atoms with E-state index in [0.717, 1.165) is 5.56 Å². The van der Waals surface area contributed by atoms with E-state index in [1.807, 2.05) is 32.0 Å². The Kier molecular flexibility index (Phi) is 3.55. The number of hydrogen-bond acceptors (Lipinski definition) is 2. The van der Waals surface area contributed by atoms with Gasteiger partial charge in [0.05, 0.1) is 5.56 Å². The summed E-state index contributed by atoms with van der Waals surface area (Å²) in [7, 11) is 0. The Morgan fingerprint density at radius 2 is 1.83 bits per heavy atom. The van der Waals surface area contributed by atoms with Crippen molar-refractivity contribution in [3.63, 3.8) is 0 Å². The van der Waals surface area contributed by atoms with E-state index < -0.39 is 0 Å². The molecule has 2 aromatic rings. The second-order valence-corrected chi connectivity index (χ2v) is 4.54. The summed E-state index contributed by atoms with van der Waals surface area (Å²) in [4.78, 5) is 0. The number of nitriles is 1. The summed E-state index contributed by atoms with van der Waals surface area (Å²) < 4.78 is 5.71. The minimum absolute atomic E-state index is 0.470. The first-order chi connectivity index (χ1) is 8.60. The Morgan fingerprint density at radius 3 is 2.50 bits per heavy atom. The van der Waals surface area contributed by atoms with Crippen LogP contribution in [0.4, 0.5) is 0 Å². The van der Waals surface area contributed by atoms with Crippen molar-refractivity contribution in [3.8, 4) is 17.6 Å². The molecule has 0 aromatic heterocycles. The zero-order valence-electron chi connectivity index (χ0n) is 10.2. The summed E-state index contributed by atoms with van der Waals surface area (Å²) in [5.74, 6) is 1.19. The minimum Gasteiger partial charge on any atom is -0.456 e. The van der Waals surface area contributed by atoms with Gasteiger partial charge in [-0.3, -0.25) is 0 Å². The van der Waals surface area contributed by atoms with Gasteiger partial charge in [0.15, 0.2) is 0 Å². The Morgan fingerprint density at radius 1 is 1.06 bits per heavy atom. The summed E-state index contributed by atoms with van der Waals surface area (Å²) in [6.45, 7) is 4.06. The Hall–Kier alpha value is -1.98. The lowest BCUT2D eigenvalue weighted by Gasteiger charge is -2.09. The van der Waals surface area contributed by atoms with Crippen molar-refractivity contribution in [2.45, 2.75) is 13.8 Å². The Balaban J connectivity index is 2.36. The first kappa shape index (κ1) is 12.5. The summed E-state index contributed by atoms with van der Waals surface area (Å²) in [6.07, 6.45) is 0. The van der Waals surface area contributed by atoms with Crippen molar-refractivity contribution in [1.29, 1.82) is 5.26 Å². The van der Waals surface area contributed by atoms with Crippen molar-refractivity contribution < 1.29 is 4.74 Å². The van der Waals surface area contributed by atoms with Crippen LogP contribution in [0.2, 0.25) is 5.02 Å². The van der Waals surface area contributed by atoms with Gasteiger partial charge < -0.3 is 4.74 Å². The third kappa shape index (κ3) is 2.64. The van der Waals surface area contributed by atoms with Gasteiger partial charge in [0.1, 0.15) is 17.6 Å². The number of hydrogen-bond donors (Lipinski definition) is 0. The molecule has 0 saturated carbocycles. The van der Waals surface area contributed by atoms with E-state index in [9.17, 15) is 0 Å². The molecule has 2 nitrogen and oxygen atoms in total. The molecule has 0 N–H and O–H groups in total. The molecule has 0 aliphatic carbocycles. The number of ether oxygens (including phenoxy) is 1. The van der Waals surface area contributed by atoms with Crippen molar-refractivity contribution >= 4 is 11.6 Å². The molecule has 0 spiro atoms. The number of rotatable bonds is 2. The van der Waals surface area contributed by atoms with E-state index in [4.69, 9.17) is 21.6 Å². The number of benzene rings is 2. The van der Waals surface area contributed by atoms with Crippen LogP contribution in [0.3, 0.4) is 0 Å². The molecule has 0 radical (unpaired) electrons. The van der Waals surface area contributed by atoms with Crippen LogP contribution < -0.4 is 4.74 Å². The van der Waals surface area contributed by atoms with Gasteiger partial charge in [-0.05, 0) is 49.2 Å². The molecule has 0 heterocycles. The second kappa shape index (κ2) is 5.12. The summed E-state index contributed by atoms with van der Waals surface area (Å²) in [6, 6.07) is 12.9. The molecule has 0 fully saturated rings. The summed E-state index contributed by atoms with van der Waals surface area (Å²) in [5, 5.41) is 9.56. The molecular formula is C15H12ClNO. The number of nitrogens with zero attached hydrogens (tertiary/aromatic N) is 1. The molecule has 0 amide bonds. The lowest BCUT2D eigenvalue weighted by atomic mass is 10.1. The van der Waals surface area contributed by atoms with Gasteiger partial charge in [-0.15, -0.1) is 0 Å². The molecule has 0 aliphatic rings. The lowest BCUT2D eigenvalue weighted by Crippen LogP contribution is -1.90. The molecule has 2 rings (SSSR count). The van der Waals surface area contributed by atoms with E-state index in [1.165, 1.54) is 5.56 Å². The van der Waals surface area contributed by atoms with E-state index in [1.54, 1.807) is 18.2 Å². The number of aryl methyl sites for hydroxylation is 2. The number of halogens is 1. The monoisotopic (exact) mass is 257 g/mol. The molecular weight excluding hydrogens is 246 g/mol. The minimum atomic E-state index is 0.470. The standard InChI is InChI=1S/C15H12ClNO/c1-10-3-6-14(7-11(10)2)18-15-8-13(16)5-4-12(15)9-17/h3-8H,1-2H3. The summed E-state index contributed by atoms with van der Waals surface area (Å²) in [5.41, 5.74) is 2.82. The summed E-state index contributed by atoms with van der Waals surface area (Å²) >= 11 is 5.91. The fourth-order valence-corrected chi connectivity index (χ4v) is 1.74. The molecule has 0 bridgehead atoms. The Labute approximate surface area is 111 Å². The third-order valence-corrected chi connectivity index (χ3v) is 3.01. The molecule has 0 unspecified atom stereocenters. The first-order valence-electron chi connectivity index (χ1n) is 5.55. The molecule has 2 aromatic carbocycles. The van der Waals surface area contributed by atoms with Crippen LogP contribution in [0.25, 0.3) is 0 Å². The van der Waals surface area contributed by atoms with Gasteiger partial charge in [-0.2, -0.15) is 5.26 Å². The predicted molar refractivity (Wildman–Crippen MR) is 72.2 cm³/mol. The highest BCUT2D eigenvalue weighted by atomic mass is 35.5. The zero-order chi connectivity index (χ0) is 13.1. The second-order valence-electron chi connectivity index (χ2n) is 4.10. The average molecular weight is 258 g/mol. The fraction of sp³-hybridized carbons (Fsp3) is 0.133. The van der Waals surface area contributed by atoms with Crippen LogP contribution >= 0.6 is 11.6 Å². The Bertz CT molecular complexity index is 629. The maximum Gasteiger partial charge on any atom is 0.146 e. The maximum atomic E-state index is 9.01. The van der Waals surface area contributed by atoms with Gasteiger partial charge in [-0.25, -0.2) is 0 Å². The normalized spacial score (nSPS) is 9.89. The topological polar surface area (TPSA) is 33.0 Å². The smallest absolute Gasteiger partial charge is 0.146 e. The fourth-order valence-electron chi connectivity index (χ4n) is 1.58. The largest absolute Gasteiger partial charge is 0.456 e. The lowest BCUT2D eigenvalue weighted by molar-refractivity contribution is 0.480. The van der Waals surface area contributed by atoms with Crippen molar-refractivity contribution in [2.24, 2.45) is 0 Å². The van der Waals surface area contributed by atoms with Gasteiger partial charge in [-0.1, -0.05) is 17.7 Å². The molecule has 18 heavy (non-hydrogen) atoms. The van der Waals surface area contributed by atoms with Crippen LogP contribution in [0.15, 0.2) is 36.4 Å². The van der Waals surface area contributed by atoms with Gasteiger partial charge >= 0.3 is 0 Å². The van der Waals surface area contributed by atoms with Crippen LogP contribution in [-0.2, 0) is 0 Å². The van der Waals surface area contributed by atoms with Crippen molar-refractivity contribution in [3.05, 3.63) is 58.1 Å². The van der Waals surface area contributed by atoms with Gasteiger partial charge in [0, 0.05) is 11.1 Å². The van der Waals surface area contributed by atoms with E-state index in [-0.39, 0.29) is 0 Å². The van der Waals surface area contributed by atoms with Crippen LogP contribution in [0, 0.1) is 25.2 Å². The molecule has 0 saturated heterocycles. The quantitative estimate of drug-likeness (QED) is 0.786. The van der Waals surface area contributed by atoms with E-state index >= 15 is 0 Å². The maximum absolute atomic E-state index is 9.01. The van der Waals surface area contributed by atoms with E-state index in [0.29, 0.717) is 22.1 Å². The van der Waals surface area contributed by atoms with Crippen molar-refractivity contribution in [2.75, 3.05) is 0 Å². The highest BCUT2D eigenvalue weighted by Crippen LogP contribution is 2.29. The van der Waals surface area contributed by atoms with Crippen molar-refractivity contribution in [1.82, 2.24) is 0 Å². The van der Waals surface area contributed by atoms with Gasteiger partial charge in [0.2, 0.25) is 0 Å². The third-order valence-electron chi connectivity index (χ3n) is 2.77. The van der Waals surface area contributed by atoms with E-state index in [2.05, 4.69) is 6.07 Å². The first-order valence-corrected chi connectivity index (χ1v) is 5.92. The van der Waals surface area contributed by atoms with Gasteiger partial charge in [0.25, 0.3) is 0 Å². The molecule has 3 heteroatoms.